The zero-order chi connectivity index (χ0) is 21.0. The number of hydrogen-bond acceptors (Lipinski definition) is 4. The molecule has 2 aromatic carbocycles. The highest BCUT2D eigenvalue weighted by Crippen LogP contribution is 2.34. The van der Waals surface area contributed by atoms with Gasteiger partial charge >= 0.3 is 0 Å². The van der Waals surface area contributed by atoms with Crippen molar-refractivity contribution in [1.29, 1.82) is 0 Å². The van der Waals surface area contributed by atoms with Crippen molar-refractivity contribution in [2.24, 2.45) is 0 Å². The molecule has 1 N–H and O–H groups in total. The van der Waals surface area contributed by atoms with Gasteiger partial charge in [0.15, 0.2) is 11.5 Å². The minimum Gasteiger partial charge on any atom is -0.493 e. The summed E-state index contributed by atoms with van der Waals surface area (Å²) >= 11 is 0. The van der Waals surface area contributed by atoms with Crippen LogP contribution in [0, 0.1) is 13.8 Å². The van der Waals surface area contributed by atoms with Gasteiger partial charge in [0.05, 0.1) is 25.5 Å². The quantitative estimate of drug-likeness (QED) is 0.823. The van der Waals surface area contributed by atoms with Gasteiger partial charge in [0, 0.05) is 24.7 Å². The molecule has 0 aliphatic carbocycles. The normalized spacial score (nSPS) is 13.7. The van der Waals surface area contributed by atoms with E-state index >= 15 is 0 Å². The summed E-state index contributed by atoms with van der Waals surface area (Å²) in [5, 5.41) is 2.92. The molecule has 0 radical (unpaired) electrons. The number of benzene rings is 2. The number of amides is 2. The van der Waals surface area contributed by atoms with Crippen molar-refractivity contribution in [3.05, 3.63) is 52.6 Å². The Kier molecular flexibility index (Phi) is 6.42. The van der Waals surface area contributed by atoms with E-state index in [0.717, 1.165) is 43.5 Å². The number of ether oxygens (including phenoxy) is 2. The number of anilines is 1. The number of piperidine rings is 1. The molecule has 0 spiro atoms. The first-order valence-corrected chi connectivity index (χ1v) is 9.88. The van der Waals surface area contributed by atoms with Crippen LogP contribution >= 0.6 is 0 Å². The van der Waals surface area contributed by atoms with Crippen LogP contribution in [-0.2, 0) is 0 Å². The lowest BCUT2D eigenvalue weighted by molar-refractivity contribution is 0.0725. The summed E-state index contributed by atoms with van der Waals surface area (Å²) < 4.78 is 10.8. The number of likely N-dealkylation sites (tertiary alicyclic amines) is 1. The van der Waals surface area contributed by atoms with E-state index in [0.29, 0.717) is 28.3 Å². The predicted octanol–water partition coefficient (Wildman–Crippen LogP) is 4.20. The third kappa shape index (κ3) is 4.53. The number of rotatable bonds is 5. The summed E-state index contributed by atoms with van der Waals surface area (Å²) in [6.45, 7) is 5.27. The minimum absolute atomic E-state index is 0.109. The third-order valence-corrected chi connectivity index (χ3v) is 5.28. The van der Waals surface area contributed by atoms with E-state index in [1.165, 1.54) is 14.2 Å². The molecule has 2 amide bonds. The Bertz CT molecular complexity index is 917. The second-order valence-electron chi connectivity index (χ2n) is 7.38. The maximum Gasteiger partial charge on any atom is 0.256 e. The summed E-state index contributed by atoms with van der Waals surface area (Å²) in [4.78, 5) is 28.0. The molecule has 29 heavy (non-hydrogen) atoms. The zero-order valence-electron chi connectivity index (χ0n) is 17.5. The first-order chi connectivity index (χ1) is 13.9. The summed E-state index contributed by atoms with van der Waals surface area (Å²) in [7, 11) is 3.06. The molecule has 0 unspecified atom stereocenters. The summed E-state index contributed by atoms with van der Waals surface area (Å²) in [5.74, 6) is 0.546. The molecule has 1 aliphatic heterocycles. The average molecular weight is 396 g/mol. The molecule has 6 nitrogen and oxygen atoms in total. The van der Waals surface area contributed by atoms with Gasteiger partial charge in [-0.05, 0) is 50.8 Å². The Balaban J connectivity index is 2.00. The van der Waals surface area contributed by atoms with Gasteiger partial charge in [0.25, 0.3) is 11.8 Å². The van der Waals surface area contributed by atoms with Crippen LogP contribution in [0.4, 0.5) is 5.69 Å². The summed E-state index contributed by atoms with van der Waals surface area (Å²) in [6.07, 6.45) is 3.11. The molecule has 1 saturated heterocycles. The van der Waals surface area contributed by atoms with Gasteiger partial charge in [-0.15, -0.1) is 0 Å². The number of nitrogens with one attached hydrogen (secondary N) is 1. The third-order valence-electron chi connectivity index (χ3n) is 5.28. The fraction of sp³-hybridized carbons (Fsp3) is 0.391. The van der Waals surface area contributed by atoms with E-state index in [-0.39, 0.29) is 11.8 Å². The molecule has 6 heteroatoms. The lowest BCUT2D eigenvalue weighted by Gasteiger charge is -2.28. The van der Waals surface area contributed by atoms with Crippen molar-refractivity contribution in [3.63, 3.8) is 0 Å². The monoisotopic (exact) mass is 396 g/mol. The first-order valence-electron chi connectivity index (χ1n) is 9.88. The van der Waals surface area contributed by atoms with Gasteiger partial charge in [0.2, 0.25) is 0 Å². The van der Waals surface area contributed by atoms with E-state index in [1.54, 1.807) is 12.1 Å². The van der Waals surface area contributed by atoms with Gasteiger partial charge < -0.3 is 19.7 Å². The molecule has 1 fully saturated rings. The Hall–Kier alpha value is -3.02. The number of methoxy groups -OCH3 is 2. The van der Waals surface area contributed by atoms with E-state index in [4.69, 9.17) is 9.47 Å². The van der Waals surface area contributed by atoms with Crippen LogP contribution in [0.15, 0.2) is 30.3 Å². The fourth-order valence-corrected chi connectivity index (χ4v) is 3.60. The van der Waals surface area contributed by atoms with Gasteiger partial charge in [-0.25, -0.2) is 0 Å². The van der Waals surface area contributed by atoms with Crippen LogP contribution < -0.4 is 14.8 Å². The van der Waals surface area contributed by atoms with E-state index in [1.807, 2.05) is 36.9 Å². The lowest BCUT2D eigenvalue weighted by atomic mass is 10.0. The van der Waals surface area contributed by atoms with Crippen LogP contribution in [0.1, 0.15) is 51.1 Å². The van der Waals surface area contributed by atoms with Crippen LogP contribution in [-0.4, -0.2) is 44.0 Å². The van der Waals surface area contributed by atoms with Crippen molar-refractivity contribution >= 4 is 17.5 Å². The Morgan fingerprint density at radius 3 is 2.21 bits per heavy atom. The number of carbonyl (C=O) groups is 2. The molecule has 154 valence electrons. The number of carbonyl (C=O) groups excluding carboxylic acids is 2. The number of nitrogens with zero attached hydrogens (tertiary/aromatic N) is 1. The van der Waals surface area contributed by atoms with Crippen molar-refractivity contribution in [2.45, 2.75) is 33.1 Å². The fourth-order valence-electron chi connectivity index (χ4n) is 3.60. The van der Waals surface area contributed by atoms with Crippen molar-refractivity contribution in [3.8, 4) is 11.5 Å². The average Bonchev–Trinajstić information content (AvgIpc) is 2.75. The molecule has 3 rings (SSSR count). The molecule has 0 aromatic heterocycles. The molecule has 0 atom stereocenters. The second kappa shape index (κ2) is 8.99. The SMILES string of the molecule is COc1cc(NC(=O)c2cc(C)ccc2C)c(C(=O)N2CCCCC2)cc1OC. The molecular weight excluding hydrogens is 368 g/mol. The van der Waals surface area contributed by atoms with Crippen LogP contribution in [0.5, 0.6) is 11.5 Å². The maximum atomic E-state index is 13.2. The lowest BCUT2D eigenvalue weighted by Crippen LogP contribution is -2.36. The van der Waals surface area contributed by atoms with E-state index < -0.39 is 0 Å². The summed E-state index contributed by atoms with van der Waals surface area (Å²) in [6, 6.07) is 9.03. The van der Waals surface area contributed by atoms with E-state index in [9.17, 15) is 9.59 Å². The molecule has 0 bridgehead atoms. The van der Waals surface area contributed by atoms with Crippen LogP contribution in [0.3, 0.4) is 0 Å². The molecular formula is C23H28N2O4. The number of aryl methyl sites for hydroxylation is 2. The minimum atomic E-state index is -0.258. The highest BCUT2D eigenvalue weighted by Gasteiger charge is 2.24. The van der Waals surface area contributed by atoms with Gasteiger partial charge in [-0.2, -0.15) is 0 Å². The second-order valence-corrected chi connectivity index (χ2v) is 7.38. The Labute approximate surface area is 171 Å². The Morgan fingerprint density at radius 2 is 1.55 bits per heavy atom. The highest BCUT2D eigenvalue weighted by molar-refractivity contribution is 6.10. The van der Waals surface area contributed by atoms with Crippen molar-refractivity contribution in [1.82, 2.24) is 4.90 Å². The van der Waals surface area contributed by atoms with Crippen molar-refractivity contribution < 1.29 is 19.1 Å². The molecule has 0 saturated carbocycles. The van der Waals surface area contributed by atoms with Gasteiger partial charge in [-0.1, -0.05) is 17.7 Å². The topological polar surface area (TPSA) is 67.9 Å². The largest absolute Gasteiger partial charge is 0.493 e. The first kappa shape index (κ1) is 20.7. The van der Waals surface area contributed by atoms with Gasteiger partial charge in [0.1, 0.15) is 0 Å². The van der Waals surface area contributed by atoms with E-state index in [2.05, 4.69) is 5.32 Å². The standard InChI is InChI=1S/C23H28N2O4/c1-15-8-9-16(2)17(12-15)22(26)24-19-14-21(29-4)20(28-3)13-18(19)23(27)25-10-6-5-7-11-25/h8-9,12-14H,5-7,10-11H2,1-4H3,(H,24,26). The Morgan fingerprint density at radius 1 is 0.897 bits per heavy atom. The van der Waals surface area contributed by atoms with Crippen LogP contribution in [0.25, 0.3) is 0 Å². The predicted molar refractivity (Wildman–Crippen MR) is 113 cm³/mol. The number of hydrogen-bond donors (Lipinski definition) is 1. The highest BCUT2D eigenvalue weighted by atomic mass is 16.5. The van der Waals surface area contributed by atoms with Crippen molar-refractivity contribution in [2.75, 3.05) is 32.6 Å². The molecule has 1 aliphatic rings. The van der Waals surface area contributed by atoms with Crippen LogP contribution in [0.2, 0.25) is 0 Å². The molecule has 1 heterocycles. The zero-order valence-corrected chi connectivity index (χ0v) is 17.5. The summed E-state index contributed by atoms with van der Waals surface area (Å²) in [5.41, 5.74) is 3.28. The molecule has 2 aromatic rings. The smallest absolute Gasteiger partial charge is 0.256 e. The van der Waals surface area contributed by atoms with Gasteiger partial charge in [-0.3, -0.25) is 9.59 Å². The maximum absolute atomic E-state index is 13.2.